The van der Waals surface area contributed by atoms with Crippen molar-refractivity contribution in [2.45, 2.75) is 13.5 Å². The van der Waals surface area contributed by atoms with Gasteiger partial charge in [-0.3, -0.25) is 4.79 Å². The third kappa shape index (κ3) is 4.21. The van der Waals surface area contributed by atoms with Crippen LogP contribution in [0.5, 0.6) is 0 Å². The number of nitrogens with one attached hydrogen (secondary N) is 1. The van der Waals surface area contributed by atoms with Crippen LogP contribution in [0.25, 0.3) is 0 Å². The zero-order valence-electron chi connectivity index (χ0n) is 12.6. The predicted octanol–water partition coefficient (Wildman–Crippen LogP) is 3.86. The van der Waals surface area contributed by atoms with Crippen molar-refractivity contribution in [1.82, 2.24) is 4.90 Å². The number of hydrogen-bond acceptors (Lipinski definition) is 2. The van der Waals surface area contributed by atoms with Gasteiger partial charge >= 0.3 is 0 Å². The molecule has 0 heterocycles. The molecule has 0 saturated heterocycles. The second-order valence-corrected chi connectivity index (χ2v) is 5.57. The summed E-state index contributed by atoms with van der Waals surface area (Å²) in [5, 5.41) is 2.98. The molecule has 3 nitrogen and oxygen atoms in total. The Bertz CT molecular complexity index is 675. The van der Waals surface area contributed by atoms with Crippen molar-refractivity contribution in [3.05, 3.63) is 64.4 Å². The number of carbonyl (C=O) groups excluding carboxylic acids is 1. The van der Waals surface area contributed by atoms with Crippen molar-refractivity contribution in [3.63, 3.8) is 0 Å². The first-order valence-corrected chi connectivity index (χ1v) is 7.32. The van der Waals surface area contributed by atoms with E-state index in [1.807, 2.05) is 31.2 Å². The zero-order chi connectivity index (χ0) is 16.1. The number of carbonyl (C=O) groups is 1. The van der Waals surface area contributed by atoms with Crippen LogP contribution < -0.4 is 5.32 Å². The minimum absolute atomic E-state index is 0.0331. The first-order valence-electron chi connectivity index (χ1n) is 6.95. The van der Waals surface area contributed by atoms with Crippen LogP contribution in [0.3, 0.4) is 0 Å². The van der Waals surface area contributed by atoms with Gasteiger partial charge in [-0.25, -0.2) is 4.39 Å². The summed E-state index contributed by atoms with van der Waals surface area (Å²) in [5.41, 5.74) is 2.88. The molecular formula is C17H18ClFN2O. The topological polar surface area (TPSA) is 32.3 Å². The lowest BCUT2D eigenvalue weighted by molar-refractivity contribution is -0.128. The number of likely N-dealkylation sites (N-methyl/N-ethyl adjacent to an activating group) is 1. The average molecular weight is 321 g/mol. The van der Waals surface area contributed by atoms with Crippen LogP contribution in [0.1, 0.15) is 11.1 Å². The van der Waals surface area contributed by atoms with E-state index in [2.05, 4.69) is 5.32 Å². The summed E-state index contributed by atoms with van der Waals surface area (Å²) in [6.45, 7) is 2.70. The Morgan fingerprint density at radius 2 is 2.00 bits per heavy atom. The second kappa shape index (κ2) is 7.27. The maximum Gasteiger partial charge on any atom is 0.241 e. The summed E-state index contributed by atoms with van der Waals surface area (Å²) in [6, 6.07) is 12.2. The van der Waals surface area contributed by atoms with E-state index < -0.39 is 5.82 Å². The average Bonchev–Trinajstić information content (AvgIpc) is 2.50. The maximum absolute atomic E-state index is 13.1. The van der Waals surface area contributed by atoms with E-state index in [0.29, 0.717) is 12.2 Å². The third-order valence-electron chi connectivity index (χ3n) is 3.46. The molecule has 0 spiro atoms. The number of benzene rings is 2. The monoisotopic (exact) mass is 320 g/mol. The van der Waals surface area contributed by atoms with Crippen LogP contribution >= 0.6 is 11.6 Å². The highest BCUT2D eigenvalue weighted by Crippen LogP contribution is 2.19. The van der Waals surface area contributed by atoms with E-state index in [-0.39, 0.29) is 17.5 Å². The molecule has 0 aliphatic carbocycles. The first kappa shape index (κ1) is 16.3. The molecule has 2 aromatic rings. The van der Waals surface area contributed by atoms with Crippen molar-refractivity contribution in [2.24, 2.45) is 0 Å². The van der Waals surface area contributed by atoms with E-state index in [1.54, 1.807) is 18.0 Å². The number of aryl methyl sites for hydroxylation is 1. The quantitative estimate of drug-likeness (QED) is 0.907. The van der Waals surface area contributed by atoms with Crippen molar-refractivity contribution in [3.8, 4) is 0 Å². The molecule has 1 N–H and O–H groups in total. The van der Waals surface area contributed by atoms with Gasteiger partial charge < -0.3 is 10.2 Å². The molecule has 0 aliphatic rings. The molecule has 0 radical (unpaired) electrons. The number of rotatable bonds is 5. The molecule has 0 atom stereocenters. The molecule has 116 valence electrons. The molecule has 0 aliphatic heterocycles. The molecule has 0 bridgehead atoms. The molecule has 5 heteroatoms. The largest absolute Gasteiger partial charge is 0.376 e. The van der Waals surface area contributed by atoms with Crippen LogP contribution in [-0.4, -0.2) is 24.4 Å². The molecule has 2 rings (SSSR count). The fourth-order valence-electron chi connectivity index (χ4n) is 2.05. The molecule has 22 heavy (non-hydrogen) atoms. The highest BCUT2D eigenvalue weighted by molar-refractivity contribution is 6.31. The summed E-state index contributed by atoms with van der Waals surface area (Å²) in [4.78, 5) is 13.8. The summed E-state index contributed by atoms with van der Waals surface area (Å²) < 4.78 is 13.1. The molecule has 2 aromatic carbocycles. The Balaban J connectivity index is 1.91. The van der Waals surface area contributed by atoms with Crippen molar-refractivity contribution in [2.75, 3.05) is 18.9 Å². The normalized spacial score (nSPS) is 10.4. The van der Waals surface area contributed by atoms with E-state index in [1.165, 1.54) is 12.1 Å². The van der Waals surface area contributed by atoms with Gasteiger partial charge in [-0.15, -0.1) is 0 Å². The first-order chi connectivity index (χ1) is 10.5. The second-order valence-electron chi connectivity index (χ2n) is 5.16. The number of halogens is 2. The smallest absolute Gasteiger partial charge is 0.241 e. The molecule has 0 saturated carbocycles. The standard InChI is InChI=1S/C17H18ClFN2O/c1-12-5-3-4-6-13(12)11-21(2)17(22)10-20-14-7-8-16(19)15(18)9-14/h3-9,20H,10-11H2,1-2H3. The predicted molar refractivity (Wildman–Crippen MR) is 87.6 cm³/mol. The van der Waals surface area contributed by atoms with E-state index in [9.17, 15) is 9.18 Å². The number of amides is 1. The Hall–Kier alpha value is -2.07. The van der Waals surface area contributed by atoms with Gasteiger partial charge in [0.05, 0.1) is 11.6 Å². The van der Waals surface area contributed by atoms with Crippen LogP contribution in [0, 0.1) is 12.7 Å². The molecule has 1 amide bonds. The van der Waals surface area contributed by atoms with E-state index >= 15 is 0 Å². The number of nitrogens with zero attached hydrogens (tertiary/aromatic N) is 1. The molecule has 0 aromatic heterocycles. The zero-order valence-corrected chi connectivity index (χ0v) is 13.3. The Morgan fingerprint density at radius 3 is 2.68 bits per heavy atom. The third-order valence-corrected chi connectivity index (χ3v) is 3.75. The lowest BCUT2D eigenvalue weighted by atomic mass is 10.1. The van der Waals surface area contributed by atoms with Crippen LogP contribution in [0.2, 0.25) is 5.02 Å². The fraction of sp³-hybridized carbons (Fsp3) is 0.235. The van der Waals surface area contributed by atoms with Gasteiger partial charge in [-0.05, 0) is 36.2 Å². The molecule has 0 fully saturated rings. The van der Waals surface area contributed by atoms with Crippen LogP contribution in [0.15, 0.2) is 42.5 Å². The highest BCUT2D eigenvalue weighted by atomic mass is 35.5. The lowest BCUT2D eigenvalue weighted by Crippen LogP contribution is -2.32. The minimum Gasteiger partial charge on any atom is -0.376 e. The van der Waals surface area contributed by atoms with Crippen molar-refractivity contribution < 1.29 is 9.18 Å². The lowest BCUT2D eigenvalue weighted by Gasteiger charge is -2.19. The Labute approximate surface area is 134 Å². The number of hydrogen-bond donors (Lipinski definition) is 1. The van der Waals surface area contributed by atoms with Gasteiger partial charge in [0.2, 0.25) is 5.91 Å². The molecule has 0 unspecified atom stereocenters. The minimum atomic E-state index is -0.477. The summed E-state index contributed by atoms with van der Waals surface area (Å²) in [5.74, 6) is -0.529. The summed E-state index contributed by atoms with van der Waals surface area (Å²) in [6.07, 6.45) is 0. The number of anilines is 1. The van der Waals surface area contributed by atoms with Gasteiger partial charge in [0.15, 0.2) is 0 Å². The SMILES string of the molecule is Cc1ccccc1CN(C)C(=O)CNc1ccc(F)c(Cl)c1. The van der Waals surface area contributed by atoms with E-state index in [4.69, 9.17) is 11.6 Å². The molecular weight excluding hydrogens is 303 g/mol. The van der Waals surface area contributed by atoms with Crippen molar-refractivity contribution >= 4 is 23.2 Å². The summed E-state index contributed by atoms with van der Waals surface area (Å²) >= 11 is 5.71. The van der Waals surface area contributed by atoms with Gasteiger partial charge in [-0.2, -0.15) is 0 Å². The van der Waals surface area contributed by atoms with Gasteiger partial charge in [0, 0.05) is 19.3 Å². The maximum atomic E-state index is 13.1. The van der Waals surface area contributed by atoms with Crippen LogP contribution in [-0.2, 0) is 11.3 Å². The Kier molecular flexibility index (Phi) is 5.39. The van der Waals surface area contributed by atoms with Crippen molar-refractivity contribution in [1.29, 1.82) is 0 Å². The summed E-state index contributed by atoms with van der Waals surface area (Å²) in [7, 11) is 1.76. The van der Waals surface area contributed by atoms with Gasteiger partial charge in [0.25, 0.3) is 0 Å². The van der Waals surface area contributed by atoms with Gasteiger partial charge in [-0.1, -0.05) is 35.9 Å². The van der Waals surface area contributed by atoms with Gasteiger partial charge in [0.1, 0.15) is 5.82 Å². The fourth-order valence-corrected chi connectivity index (χ4v) is 2.23. The Morgan fingerprint density at radius 1 is 1.27 bits per heavy atom. The van der Waals surface area contributed by atoms with Crippen LogP contribution in [0.4, 0.5) is 10.1 Å². The van der Waals surface area contributed by atoms with E-state index in [0.717, 1.165) is 11.1 Å². The highest BCUT2D eigenvalue weighted by Gasteiger charge is 2.10.